The van der Waals surface area contributed by atoms with Crippen LogP contribution in [0, 0.1) is 0 Å². The number of amides is 2. The third-order valence-electron chi connectivity index (χ3n) is 4.40. The fraction of sp³-hybridized carbons (Fsp3) is 0.238. The summed E-state index contributed by atoms with van der Waals surface area (Å²) in [6.45, 7) is 3.49. The van der Waals surface area contributed by atoms with Gasteiger partial charge in [0.1, 0.15) is 6.04 Å². The molecule has 0 aliphatic carbocycles. The Bertz CT molecular complexity index is 930. The summed E-state index contributed by atoms with van der Waals surface area (Å²) >= 11 is 0. The lowest BCUT2D eigenvalue weighted by Crippen LogP contribution is -2.44. The Kier molecular flexibility index (Phi) is 5.37. The number of nitrogens with one attached hydrogen (secondary N) is 3. The molecule has 0 saturated heterocycles. The second kappa shape index (κ2) is 7.87. The minimum atomic E-state index is -0.642. The Morgan fingerprint density at radius 3 is 2.69 bits per heavy atom. The maximum absolute atomic E-state index is 12.8. The van der Waals surface area contributed by atoms with Gasteiger partial charge in [-0.1, -0.05) is 37.3 Å². The lowest BCUT2D eigenvalue weighted by molar-refractivity contribution is -0.125. The van der Waals surface area contributed by atoms with E-state index in [4.69, 9.17) is 0 Å². The maximum atomic E-state index is 12.8. The Balaban J connectivity index is 1.80. The number of rotatable bonds is 6. The van der Waals surface area contributed by atoms with Gasteiger partial charge in [0.05, 0.1) is 0 Å². The standard InChI is InChI=1S/C21H23N3O2/c1-3-15-7-6-8-17(11-15)24-21(26)20(23-14(2)25)12-16-13-22-19-10-5-4-9-18(16)19/h4-11,13,20,22H,3,12H2,1-2H3,(H,23,25)(H,24,26). The molecule has 0 aliphatic heterocycles. The van der Waals surface area contributed by atoms with Crippen LogP contribution in [-0.2, 0) is 22.4 Å². The summed E-state index contributed by atoms with van der Waals surface area (Å²) in [6, 6.07) is 15.0. The summed E-state index contributed by atoms with van der Waals surface area (Å²) in [4.78, 5) is 27.6. The van der Waals surface area contributed by atoms with E-state index in [0.29, 0.717) is 6.42 Å². The average Bonchev–Trinajstić information content (AvgIpc) is 3.04. The summed E-state index contributed by atoms with van der Waals surface area (Å²) in [5.74, 6) is -0.453. The number of anilines is 1. The monoisotopic (exact) mass is 349 g/mol. The number of hydrogen-bond acceptors (Lipinski definition) is 2. The minimum absolute atomic E-state index is 0.223. The molecule has 0 bridgehead atoms. The molecule has 1 atom stereocenters. The first-order valence-electron chi connectivity index (χ1n) is 8.78. The number of H-pyrrole nitrogens is 1. The van der Waals surface area contributed by atoms with Gasteiger partial charge in [-0.2, -0.15) is 0 Å². The maximum Gasteiger partial charge on any atom is 0.247 e. The molecule has 5 nitrogen and oxygen atoms in total. The predicted molar refractivity (Wildman–Crippen MR) is 104 cm³/mol. The topological polar surface area (TPSA) is 74.0 Å². The van der Waals surface area contributed by atoms with Crippen molar-refractivity contribution in [3.63, 3.8) is 0 Å². The van der Waals surface area contributed by atoms with Crippen LogP contribution in [0.15, 0.2) is 54.7 Å². The van der Waals surface area contributed by atoms with E-state index in [2.05, 4.69) is 22.5 Å². The van der Waals surface area contributed by atoms with Gasteiger partial charge in [-0.3, -0.25) is 9.59 Å². The minimum Gasteiger partial charge on any atom is -0.361 e. The van der Waals surface area contributed by atoms with Crippen molar-refractivity contribution in [3.05, 3.63) is 65.9 Å². The summed E-state index contributed by atoms with van der Waals surface area (Å²) in [5, 5.41) is 6.74. The number of aromatic amines is 1. The first-order valence-corrected chi connectivity index (χ1v) is 8.78. The van der Waals surface area contributed by atoms with Crippen molar-refractivity contribution in [2.75, 3.05) is 5.32 Å². The first kappa shape index (κ1) is 17.7. The lowest BCUT2D eigenvalue weighted by Gasteiger charge is -2.18. The zero-order chi connectivity index (χ0) is 18.5. The van der Waals surface area contributed by atoms with E-state index >= 15 is 0 Å². The van der Waals surface area contributed by atoms with Crippen LogP contribution in [0.5, 0.6) is 0 Å². The Hall–Kier alpha value is -3.08. The van der Waals surface area contributed by atoms with Crippen LogP contribution in [0.1, 0.15) is 25.0 Å². The molecular formula is C21H23N3O2. The molecule has 0 aliphatic rings. The number of para-hydroxylation sites is 1. The van der Waals surface area contributed by atoms with Crippen molar-refractivity contribution < 1.29 is 9.59 Å². The SMILES string of the molecule is CCc1cccc(NC(=O)C(Cc2c[nH]c3ccccc23)NC(C)=O)c1. The second-order valence-corrected chi connectivity index (χ2v) is 6.36. The van der Waals surface area contributed by atoms with E-state index in [1.54, 1.807) is 0 Å². The van der Waals surface area contributed by atoms with Crippen molar-refractivity contribution >= 4 is 28.4 Å². The van der Waals surface area contributed by atoms with Crippen LogP contribution in [0.25, 0.3) is 10.9 Å². The molecule has 134 valence electrons. The Labute approximate surface area is 152 Å². The van der Waals surface area contributed by atoms with Gasteiger partial charge >= 0.3 is 0 Å². The molecule has 1 aromatic heterocycles. The van der Waals surface area contributed by atoms with E-state index in [0.717, 1.165) is 34.1 Å². The Morgan fingerprint density at radius 1 is 1.12 bits per heavy atom. The smallest absolute Gasteiger partial charge is 0.247 e. The molecule has 0 fully saturated rings. The molecule has 3 aromatic rings. The molecule has 2 amide bonds. The van der Waals surface area contributed by atoms with E-state index in [-0.39, 0.29) is 11.8 Å². The highest BCUT2D eigenvalue weighted by Gasteiger charge is 2.21. The number of aromatic nitrogens is 1. The molecule has 3 rings (SSSR count). The van der Waals surface area contributed by atoms with Gasteiger partial charge in [0.15, 0.2) is 0 Å². The average molecular weight is 349 g/mol. The van der Waals surface area contributed by atoms with Gasteiger partial charge in [0.25, 0.3) is 0 Å². The summed E-state index contributed by atoms with van der Waals surface area (Å²) in [5.41, 5.74) is 3.90. The number of benzene rings is 2. The zero-order valence-corrected chi connectivity index (χ0v) is 15.0. The van der Waals surface area contributed by atoms with Gasteiger partial charge in [0.2, 0.25) is 11.8 Å². The number of carbonyl (C=O) groups excluding carboxylic acids is 2. The largest absolute Gasteiger partial charge is 0.361 e. The molecule has 0 saturated carbocycles. The molecule has 5 heteroatoms. The van der Waals surface area contributed by atoms with Crippen LogP contribution < -0.4 is 10.6 Å². The van der Waals surface area contributed by atoms with Crippen LogP contribution in [0.3, 0.4) is 0 Å². The molecule has 3 N–H and O–H groups in total. The highest BCUT2D eigenvalue weighted by molar-refractivity contribution is 5.97. The van der Waals surface area contributed by atoms with Crippen molar-refractivity contribution in [1.82, 2.24) is 10.3 Å². The van der Waals surface area contributed by atoms with E-state index in [9.17, 15) is 9.59 Å². The quantitative estimate of drug-likeness (QED) is 0.638. The normalized spacial score (nSPS) is 11.9. The molecule has 26 heavy (non-hydrogen) atoms. The van der Waals surface area contributed by atoms with Crippen molar-refractivity contribution in [1.29, 1.82) is 0 Å². The highest BCUT2D eigenvalue weighted by Crippen LogP contribution is 2.20. The summed E-state index contributed by atoms with van der Waals surface area (Å²) in [6.07, 6.45) is 3.21. The van der Waals surface area contributed by atoms with Crippen molar-refractivity contribution in [2.24, 2.45) is 0 Å². The number of aryl methyl sites for hydroxylation is 1. The van der Waals surface area contributed by atoms with Gasteiger partial charge in [-0.25, -0.2) is 0 Å². The van der Waals surface area contributed by atoms with Gasteiger partial charge in [-0.05, 0) is 35.7 Å². The van der Waals surface area contributed by atoms with Crippen LogP contribution in [0.2, 0.25) is 0 Å². The van der Waals surface area contributed by atoms with Crippen LogP contribution >= 0.6 is 0 Å². The van der Waals surface area contributed by atoms with E-state index in [1.165, 1.54) is 6.92 Å². The van der Waals surface area contributed by atoms with Crippen molar-refractivity contribution in [2.45, 2.75) is 32.7 Å². The third-order valence-corrected chi connectivity index (χ3v) is 4.40. The molecular weight excluding hydrogens is 326 g/mol. The fourth-order valence-corrected chi connectivity index (χ4v) is 3.07. The van der Waals surface area contributed by atoms with Gasteiger partial charge in [0, 0.05) is 36.1 Å². The predicted octanol–water partition coefficient (Wildman–Crippen LogP) is 3.42. The van der Waals surface area contributed by atoms with Crippen LogP contribution in [0.4, 0.5) is 5.69 Å². The molecule has 1 unspecified atom stereocenters. The molecule has 2 aromatic carbocycles. The Morgan fingerprint density at radius 2 is 1.92 bits per heavy atom. The number of hydrogen-bond donors (Lipinski definition) is 3. The molecule has 0 spiro atoms. The molecule has 1 heterocycles. The summed E-state index contributed by atoms with van der Waals surface area (Å²) < 4.78 is 0. The summed E-state index contributed by atoms with van der Waals surface area (Å²) in [7, 11) is 0. The first-order chi connectivity index (χ1) is 12.6. The van der Waals surface area contributed by atoms with Crippen molar-refractivity contribution in [3.8, 4) is 0 Å². The lowest BCUT2D eigenvalue weighted by atomic mass is 10.0. The zero-order valence-electron chi connectivity index (χ0n) is 15.0. The second-order valence-electron chi connectivity index (χ2n) is 6.36. The fourth-order valence-electron chi connectivity index (χ4n) is 3.07. The van der Waals surface area contributed by atoms with E-state index in [1.807, 2.05) is 54.7 Å². The van der Waals surface area contributed by atoms with Gasteiger partial charge < -0.3 is 15.6 Å². The number of carbonyl (C=O) groups is 2. The highest BCUT2D eigenvalue weighted by atomic mass is 16.2. The molecule has 0 radical (unpaired) electrons. The van der Waals surface area contributed by atoms with Gasteiger partial charge in [-0.15, -0.1) is 0 Å². The van der Waals surface area contributed by atoms with Crippen LogP contribution in [-0.4, -0.2) is 22.8 Å². The van der Waals surface area contributed by atoms with E-state index < -0.39 is 6.04 Å². The number of fused-ring (bicyclic) bond motifs is 1. The third kappa shape index (κ3) is 4.11.